The topological polar surface area (TPSA) is 42.4 Å². The summed E-state index contributed by atoms with van der Waals surface area (Å²) in [5.74, 6) is 0.838. The van der Waals surface area contributed by atoms with Gasteiger partial charge in [0.2, 0.25) is 0 Å². The standard InChI is InChI=1S/C21H16N2O2S/c1-25-16-7-6-14-10-15-11-19(26-20(15)22-17(14)12-16)21(24)23-9-8-13-4-2-3-5-18(13)23/h2-7,10-12H,8-9H2,1H3. The van der Waals surface area contributed by atoms with Crippen LogP contribution >= 0.6 is 11.3 Å². The molecule has 0 radical (unpaired) electrons. The van der Waals surface area contributed by atoms with Crippen molar-refractivity contribution in [2.24, 2.45) is 0 Å². The number of amides is 1. The maximum absolute atomic E-state index is 13.1. The molecule has 5 rings (SSSR count). The van der Waals surface area contributed by atoms with Crippen LogP contribution in [-0.4, -0.2) is 24.5 Å². The van der Waals surface area contributed by atoms with Crippen LogP contribution in [-0.2, 0) is 6.42 Å². The number of thiophene rings is 1. The summed E-state index contributed by atoms with van der Waals surface area (Å²) in [6.45, 7) is 0.735. The van der Waals surface area contributed by atoms with Crippen molar-refractivity contribution in [2.75, 3.05) is 18.6 Å². The second kappa shape index (κ2) is 5.81. The van der Waals surface area contributed by atoms with Gasteiger partial charge in [-0.1, -0.05) is 18.2 Å². The highest BCUT2D eigenvalue weighted by atomic mass is 32.1. The third kappa shape index (κ3) is 2.35. The van der Waals surface area contributed by atoms with E-state index in [2.05, 4.69) is 12.1 Å². The number of carbonyl (C=O) groups is 1. The van der Waals surface area contributed by atoms with Crippen molar-refractivity contribution < 1.29 is 9.53 Å². The van der Waals surface area contributed by atoms with Crippen LogP contribution in [0.5, 0.6) is 5.75 Å². The summed E-state index contributed by atoms with van der Waals surface area (Å²) >= 11 is 1.45. The molecule has 2 aromatic heterocycles. The van der Waals surface area contributed by atoms with Gasteiger partial charge in [0.25, 0.3) is 5.91 Å². The van der Waals surface area contributed by atoms with Crippen molar-refractivity contribution >= 4 is 44.1 Å². The first kappa shape index (κ1) is 15.3. The highest BCUT2D eigenvalue weighted by Gasteiger charge is 2.26. The Hall–Kier alpha value is -2.92. The summed E-state index contributed by atoms with van der Waals surface area (Å²) in [6.07, 6.45) is 0.911. The summed E-state index contributed by atoms with van der Waals surface area (Å²) in [5, 5.41) is 2.05. The van der Waals surface area contributed by atoms with Gasteiger partial charge >= 0.3 is 0 Å². The first-order chi connectivity index (χ1) is 12.7. The summed E-state index contributed by atoms with van der Waals surface area (Å²) < 4.78 is 5.28. The predicted octanol–water partition coefficient (Wildman–Crippen LogP) is 4.66. The van der Waals surface area contributed by atoms with E-state index in [-0.39, 0.29) is 5.91 Å². The molecule has 4 aromatic rings. The van der Waals surface area contributed by atoms with Gasteiger partial charge in [0.05, 0.1) is 17.5 Å². The number of nitrogens with zero attached hydrogens (tertiary/aromatic N) is 2. The Balaban J connectivity index is 1.57. The van der Waals surface area contributed by atoms with Crippen LogP contribution in [0.3, 0.4) is 0 Å². The van der Waals surface area contributed by atoms with E-state index in [1.54, 1.807) is 7.11 Å². The van der Waals surface area contributed by atoms with Gasteiger partial charge in [0, 0.05) is 29.1 Å². The van der Waals surface area contributed by atoms with Crippen LogP contribution in [0.15, 0.2) is 54.6 Å². The fraction of sp³-hybridized carbons (Fsp3) is 0.143. The molecule has 0 fully saturated rings. The zero-order valence-corrected chi connectivity index (χ0v) is 15.0. The average molecular weight is 360 g/mol. The smallest absolute Gasteiger partial charge is 0.268 e. The zero-order chi connectivity index (χ0) is 17.7. The summed E-state index contributed by atoms with van der Waals surface area (Å²) in [5.41, 5.74) is 3.14. The number of methoxy groups -OCH3 is 1. The first-order valence-electron chi connectivity index (χ1n) is 8.51. The Kier molecular flexibility index (Phi) is 3.43. The lowest BCUT2D eigenvalue weighted by Crippen LogP contribution is -2.28. The third-order valence-electron chi connectivity index (χ3n) is 4.85. The van der Waals surface area contributed by atoms with E-state index in [1.165, 1.54) is 16.9 Å². The number of hydrogen-bond donors (Lipinski definition) is 0. The SMILES string of the molecule is COc1ccc2cc3cc(C(=O)N4CCc5ccccc54)sc3nc2c1. The second-order valence-electron chi connectivity index (χ2n) is 6.39. The van der Waals surface area contributed by atoms with Crippen molar-refractivity contribution in [1.82, 2.24) is 4.98 Å². The fourth-order valence-corrected chi connectivity index (χ4v) is 4.49. The number of hydrogen-bond acceptors (Lipinski definition) is 4. The number of pyridine rings is 1. The van der Waals surface area contributed by atoms with Gasteiger partial charge in [0.1, 0.15) is 10.6 Å². The van der Waals surface area contributed by atoms with Crippen molar-refractivity contribution in [3.8, 4) is 5.75 Å². The number of benzene rings is 2. The molecule has 4 nitrogen and oxygen atoms in total. The number of rotatable bonds is 2. The van der Waals surface area contributed by atoms with Crippen LogP contribution in [0.4, 0.5) is 5.69 Å². The quantitative estimate of drug-likeness (QED) is 0.522. The highest BCUT2D eigenvalue weighted by molar-refractivity contribution is 7.20. The molecular formula is C21H16N2O2S. The third-order valence-corrected chi connectivity index (χ3v) is 5.89. The van der Waals surface area contributed by atoms with Gasteiger partial charge in [-0.2, -0.15) is 0 Å². The number of ether oxygens (including phenoxy) is 1. The number of aromatic nitrogens is 1. The number of fused-ring (bicyclic) bond motifs is 3. The van der Waals surface area contributed by atoms with Gasteiger partial charge in [0.15, 0.2) is 0 Å². The Morgan fingerprint density at radius 2 is 2.00 bits per heavy atom. The monoisotopic (exact) mass is 360 g/mol. The van der Waals surface area contributed by atoms with Gasteiger partial charge < -0.3 is 9.64 Å². The normalized spacial score (nSPS) is 13.3. The summed E-state index contributed by atoms with van der Waals surface area (Å²) in [7, 11) is 1.65. The molecule has 0 saturated carbocycles. The van der Waals surface area contributed by atoms with Gasteiger partial charge in [-0.3, -0.25) is 4.79 Å². The average Bonchev–Trinajstić information content (AvgIpc) is 3.28. The van der Waals surface area contributed by atoms with Crippen LogP contribution in [0.2, 0.25) is 0 Å². The largest absolute Gasteiger partial charge is 0.497 e. The van der Waals surface area contributed by atoms with Crippen molar-refractivity contribution in [1.29, 1.82) is 0 Å². The molecule has 0 N–H and O–H groups in total. The minimum Gasteiger partial charge on any atom is -0.497 e. The minimum atomic E-state index is 0.0552. The van der Waals surface area contributed by atoms with Crippen molar-refractivity contribution in [2.45, 2.75) is 6.42 Å². The van der Waals surface area contributed by atoms with E-state index in [0.717, 1.165) is 50.4 Å². The lowest BCUT2D eigenvalue weighted by Gasteiger charge is -2.15. The van der Waals surface area contributed by atoms with Gasteiger partial charge in [-0.15, -0.1) is 11.3 Å². The molecule has 1 aliphatic heterocycles. The zero-order valence-electron chi connectivity index (χ0n) is 14.2. The van der Waals surface area contributed by atoms with Gasteiger partial charge in [-0.25, -0.2) is 4.98 Å². The summed E-state index contributed by atoms with van der Waals surface area (Å²) in [6, 6.07) is 18.0. The Bertz CT molecular complexity index is 1170. The van der Waals surface area contributed by atoms with E-state index in [1.807, 2.05) is 47.4 Å². The maximum atomic E-state index is 13.1. The van der Waals surface area contributed by atoms with Crippen LogP contribution in [0.25, 0.3) is 21.1 Å². The molecule has 1 amide bonds. The molecule has 0 spiro atoms. The Morgan fingerprint density at radius 3 is 2.88 bits per heavy atom. The minimum absolute atomic E-state index is 0.0552. The lowest BCUT2D eigenvalue weighted by atomic mass is 10.2. The molecule has 0 aliphatic carbocycles. The molecule has 0 saturated heterocycles. The molecule has 26 heavy (non-hydrogen) atoms. The van der Waals surface area contributed by atoms with E-state index in [4.69, 9.17) is 9.72 Å². The van der Waals surface area contributed by atoms with Crippen LogP contribution in [0, 0.1) is 0 Å². The summed E-state index contributed by atoms with van der Waals surface area (Å²) in [4.78, 5) is 21.3. The molecule has 0 bridgehead atoms. The predicted molar refractivity (Wildman–Crippen MR) is 106 cm³/mol. The maximum Gasteiger partial charge on any atom is 0.268 e. The molecule has 3 heterocycles. The second-order valence-corrected chi connectivity index (χ2v) is 7.42. The first-order valence-corrected chi connectivity index (χ1v) is 9.33. The molecule has 5 heteroatoms. The Morgan fingerprint density at radius 1 is 1.12 bits per heavy atom. The molecule has 0 unspecified atom stereocenters. The lowest BCUT2D eigenvalue weighted by molar-refractivity contribution is 0.0993. The van der Waals surface area contributed by atoms with Crippen molar-refractivity contribution in [3.63, 3.8) is 0 Å². The molecule has 128 valence electrons. The van der Waals surface area contributed by atoms with E-state index >= 15 is 0 Å². The molecule has 0 atom stereocenters. The molecule has 2 aromatic carbocycles. The molecule has 1 aliphatic rings. The van der Waals surface area contributed by atoms with E-state index in [0.29, 0.717) is 0 Å². The number of carbonyl (C=O) groups excluding carboxylic acids is 1. The molecular weight excluding hydrogens is 344 g/mol. The fourth-order valence-electron chi connectivity index (χ4n) is 3.52. The van der Waals surface area contributed by atoms with Crippen LogP contribution < -0.4 is 9.64 Å². The number of para-hydroxylation sites is 1. The van der Waals surface area contributed by atoms with E-state index in [9.17, 15) is 4.79 Å². The van der Waals surface area contributed by atoms with Crippen LogP contribution in [0.1, 0.15) is 15.2 Å². The van der Waals surface area contributed by atoms with Crippen molar-refractivity contribution in [3.05, 3.63) is 65.0 Å². The Labute approximate surface area is 154 Å². The van der Waals surface area contributed by atoms with E-state index < -0.39 is 0 Å². The highest BCUT2D eigenvalue weighted by Crippen LogP contribution is 2.33. The van der Waals surface area contributed by atoms with Gasteiger partial charge in [-0.05, 0) is 42.3 Å². The number of anilines is 1.